The zero-order valence-electron chi connectivity index (χ0n) is 10.4. The Labute approximate surface area is 101 Å². The molecule has 5 heteroatoms. The van der Waals surface area contributed by atoms with Crippen LogP contribution in [0.3, 0.4) is 0 Å². The van der Waals surface area contributed by atoms with Crippen molar-refractivity contribution < 1.29 is 9.53 Å². The molecule has 0 radical (unpaired) electrons. The molecule has 0 aliphatic heterocycles. The van der Waals surface area contributed by atoms with E-state index in [0.717, 1.165) is 12.0 Å². The average molecular weight is 237 g/mol. The highest BCUT2D eigenvalue weighted by molar-refractivity contribution is 5.73. The summed E-state index contributed by atoms with van der Waals surface area (Å²) >= 11 is 0. The van der Waals surface area contributed by atoms with E-state index in [0.29, 0.717) is 30.7 Å². The van der Waals surface area contributed by atoms with E-state index in [-0.39, 0.29) is 0 Å². The van der Waals surface area contributed by atoms with E-state index in [4.69, 9.17) is 4.74 Å². The summed E-state index contributed by atoms with van der Waals surface area (Å²) in [5.74, 6) is 0.678. The van der Waals surface area contributed by atoms with Crippen LogP contribution in [0.25, 0.3) is 0 Å². The number of nitrogens with zero attached hydrogens (tertiary/aromatic N) is 3. The van der Waals surface area contributed by atoms with Gasteiger partial charge in [-0.3, -0.25) is 4.79 Å². The highest BCUT2D eigenvalue weighted by atomic mass is 16.5. The Kier molecular flexibility index (Phi) is 3.89. The van der Waals surface area contributed by atoms with Crippen LogP contribution in [0, 0.1) is 5.92 Å². The zero-order valence-corrected chi connectivity index (χ0v) is 10.4. The molecule has 1 aromatic rings. The second-order valence-corrected chi connectivity index (χ2v) is 4.66. The molecule has 0 N–H and O–H groups in total. The molecule has 0 aromatic carbocycles. The maximum absolute atomic E-state index is 10.9. The standard InChI is InChI=1S/C12H19N3O2/c1-9(10-4-3-5-10)15-12(6-7-17-2)11(8-16)13-14-15/h8-10H,3-7H2,1-2H3. The molecule has 1 aromatic heterocycles. The quantitative estimate of drug-likeness (QED) is 0.706. The van der Waals surface area contributed by atoms with E-state index in [1.54, 1.807) is 7.11 Å². The molecule has 1 unspecified atom stereocenters. The number of methoxy groups -OCH3 is 1. The van der Waals surface area contributed by atoms with E-state index in [1.165, 1.54) is 19.3 Å². The largest absolute Gasteiger partial charge is 0.384 e. The summed E-state index contributed by atoms with van der Waals surface area (Å²) in [4.78, 5) is 10.9. The Hall–Kier alpha value is -1.23. The van der Waals surface area contributed by atoms with Gasteiger partial charge in [0.1, 0.15) is 5.69 Å². The van der Waals surface area contributed by atoms with Gasteiger partial charge in [-0.1, -0.05) is 11.6 Å². The third kappa shape index (κ3) is 2.39. The highest BCUT2D eigenvalue weighted by Crippen LogP contribution is 2.36. The van der Waals surface area contributed by atoms with E-state index < -0.39 is 0 Å². The number of carbonyl (C=O) groups is 1. The van der Waals surface area contributed by atoms with Crippen molar-refractivity contribution in [1.82, 2.24) is 15.0 Å². The number of carbonyl (C=O) groups excluding carboxylic acids is 1. The number of hydrogen-bond acceptors (Lipinski definition) is 4. The minimum atomic E-state index is 0.330. The topological polar surface area (TPSA) is 57.0 Å². The number of aldehydes is 1. The van der Waals surface area contributed by atoms with Crippen molar-refractivity contribution in [3.8, 4) is 0 Å². The summed E-state index contributed by atoms with van der Waals surface area (Å²) < 4.78 is 6.97. The molecule has 2 rings (SSSR count). The Morgan fingerprint density at radius 1 is 1.59 bits per heavy atom. The van der Waals surface area contributed by atoms with Crippen molar-refractivity contribution in [1.29, 1.82) is 0 Å². The summed E-state index contributed by atoms with van der Waals surface area (Å²) in [7, 11) is 1.66. The van der Waals surface area contributed by atoms with Crippen molar-refractivity contribution in [2.45, 2.75) is 38.6 Å². The summed E-state index contributed by atoms with van der Waals surface area (Å²) in [5, 5.41) is 8.06. The van der Waals surface area contributed by atoms with Crippen LogP contribution >= 0.6 is 0 Å². The molecular weight excluding hydrogens is 218 g/mol. The lowest BCUT2D eigenvalue weighted by atomic mass is 9.80. The Morgan fingerprint density at radius 2 is 2.35 bits per heavy atom. The van der Waals surface area contributed by atoms with Gasteiger partial charge in [-0.2, -0.15) is 0 Å². The Morgan fingerprint density at radius 3 is 2.88 bits per heavy atom. The van der Waals surface area contributed by atoms with Gasteiger partial charge < -0.3 is 4.74 Å². The van der Waals surface area contributed by atoms with Gasteiger partial charge in [-0.25, -0.2) is 4.68 Å². The van der Waals surface area contributed by atoms with Gasteiger partial charge in [-0.15, -0.1) is 5.10 Å². The van der Waals surface area contributed by atoms with Crippen molar-refractivity contribution in [3.05, 3.63) is 11.4 Å². The van der Waals surface area contributed by atoms with Crippen molar-refractivity contribution >= 4 is 6.29 Å². The fourth-order valence-electron chi connectivity index (χ4n) is 2.31. The molecule has 0 saturated heterocycles. The van der Waals surface area contributed by atoms with Crippen LogP contribution in [0.4, 0.5) is 0 Å². The lowest BCUT2D eigenvalue weighted by Gasteiger charge is -2.32. The molecule has 5 nitrogen and oxygen atoms in total. The van der Waals surface area contributed by atoms with Gasteiger partial charge >= 0.3 is 0 Å². The van der Waals surface area contributed by atoms with Crippen LogP contribution in [0.1, 0.15) is 48.4 Å². The summed E-state index contributed by atoms with van der Waals surface area (Å²) in [5.41, 5.74) is 1.36. The molecule has 0 bridgehead atoms. The van der Waals surface area contributed by atoms with Gasteiger partial charge in [0.25, 0.3) is 0 Å². The van der Waals surface area contributed by atoms with Crippen molar-refractivity contribution in [2.24, 2.45) is 5.92 Å². The first-order valence-corrected chi connectivity index (χ1v) is 6.16. The Balaban J connectivity index is 2.19. The highest BCUT2D eigenvalue weighted by Gasteiger charge is 2.28. The summed E-state index contributed by atoms with van der Waals surface area (Å²) in [6.45, 7) is 2.75. The van der Waals surface area contributed by atoms with Crippen LogP contribution < -0.4 is 0 Å². The SMILES string of the molecule is COCCc1c(C=O)nnn1C(C)C1CCC1. The molecule has 1 atom stereocenters. The number of ether oxygens (including phenoxy) is 1. The molecule has 0 spiro atoms. The number of aromatic nitrogens is 3. The van der Waals surface area contributed by atoms with Gasteiger partial charge in [0.15, 0.2) is 6.29 Å². The first-order chi connectivity index (χ1) is 8.27. The summed E-state index contributed by atoms with van der Waals surface area (Å²) in [6.07, 6.45) is 5.27. The van der Waals surface area contributed by atoms with Crippen LogP contribution in [-0.2, 0) is 11.2 Å². The summed E-state index contributed by atoms with van der Waals surface area (Å²) in [6, 6.07) is 0.330. The lowest BCUT2D eigenvalue weighted by Crippen LogP contribution is -2.25. The minimum Gasteiger partial charge on any atom is -0.384 e. The zero-order chi connectivity index (χ0) is 12.3. The normalized spacial score (nSPS) is 17.8. The smallest absolute Gasteiger partial charge is 0.172 e. The van der Waals surface area contributed by atoms with E-state index in [1.807, 2.05) is 4.68 Å². The average Bonchev–Trinajstić information content (AvgIpc) is 2.66. The van der Waals surface area contributed by atoms with Crippen LogP contribution in [0.15, 0.2) is 0 Å². The van der Waals surface area contributed by atoms with Gasteiger partial charge in [0, 0.05) is 13.5 Å². The molecule has 1 aliphatic carbocycles. The monoisotopic (exact) mass is 237 g/mol. The molecule has 1 aliphatic rings. The molecule has 17 heavy (non-hydrogen) atoms. The third-order valence-corrected chi connectivity index (χ3v) is 3.69. The molecule has 94 valence electrons. The Bertz CT molecular complexity index is 385. The molecule has 1 saturated carbocycles. The predicted molar refractivity (Wildman–Crippen MR) is 63.0 cm³/mol. The fourth-order valence-corrected chi connectivity index (χ4v) is 2.31. The van der Waals surface area contributed by atoms with Crippen LogP contribution in [0.5, 0.6) is 0 Å². The van der Waals surface area contributed by atoms with E-state index >= 15 is 0 Å². The molecule has 0 amide bonds. The number of hydrogen-bond donors (Lipinski definition) is 0. The first kappa shape index (κ1) is 12.2. The first-order valence-electron chi connectivity index (χ1n) is 6.16. The van der Waals surface area contributed by atoms with Gasteiger partial charge in [0.2, 0.25) is 0 Å². The molecule has 1 fully saturated rings. The molecule has 1 heterocycles. The number of rotatable bonds is 6. The van der Waals surface area contributed by atoms with Crippen molar-refractivity contribution in [2.75, 3.05) is 13.7 Å². The van der Waals surface area contributed by atoms with Crippen LogP contribution in [-0.4, -0.2) is 35.0 Å². The van der Waals surface area contributed by atoms with Crippen molar-refractivity contribution in [3.63, 3.8) is 0 Å². The molecular formula is C12H19N3O2. The van der Waals surface area contributed by atoms with Gasteiger partial charge in [0.05, 0.1) is 18.3 Å². The fraction of sp³-hybridized carbons (Fsp3) is 0.750. The third-order valence-electron chi connectivity index (χ3n) is 3.69. The van der Waals surface area contributed by atoms with E-state index in [2.05, 4.69) is 17.2 Å². The van der Waals surface area contributed by atoms with Gasteiger partial charge in [-0.05, 0) is 25.7 Å². The second kappa shape index (κ2) is 5.40. The maximum atomic E-state index is 10.9. The predicted octanol–water partition coefficient (Wildman–Crippen LogP) is 1.64. The maximum Gasteiger partial charge on any atom is 0.172 e. The lowest BCUT2D eigenvalue weighted by molar-refractivity contribution is 0.111. The second-order valence-electron chi connectivity index (χ2n) is 4.66. The van der Waals surface area contributed by atoms with E-state index in [9.17, 15) is 4.79 Å². The minimum absolute atomic E-state index is 0.330. The van der Waals surface area contributed by atoms with Crippen LogP contribution in [0.2, 0.25) is 0 Å².